The monoisotopic (exact) mass is 332 g/mol. The third kappa shape index (κ3) is 2.90. The molecule has 0 bridgehead atoms. The quantitative estimate of drug-likeness (QED) is 0.616. The Morgan fingerprint density at radius 1 is 0.960 bits per heavy atom. The minimum absolute atomic E-state index is 0.255. The van der Waals surface area contributed by atoms with Crippen LogP contribution in [0.1, 0.15) is 5.56 Å². The van der Waals surface area contributed by atoms with Crippen molar-refractivity contribution in [1.82, 2.24) is 19.9 Å². The van der Waals surface area contributed by atoms with Gasteiger partial charge in [0.2, 0.25) is 0 Å². The van der Waals surface area contributed by atoms with Crippen LogP contribution < -0.4 is 5.32 Å². The lowest BCUT2D eigenvalue weighted by atomic mass is 10.0. The first-order valence-electron chi connectivity index (χ1n) is 8.08. The van der Waals surface area contributed by atoms with Gasteiger partial charge in [0.25, 0.3) is 0 Å². The van der Waals surface area contributed by atoms with Gasteiger partial charge < -0.3 is 5.32 Å². The second-order valence-corrected chi connectivity index (χ2v) is 5.86. The first kappa shape index (κ1) is 15.5. The summed E-state index contributed by atoms with van der Waals surface area (Å²) in [6.07, 6.45) is 5.55. The van der Waals surface area contributed by atoms with Crippen molar-refractivity contribution in [3.05, 3.63) is 78.5 Å². The van der Waals surface area contributed by atoms with Crippen molar-refractivity contribution < 1.29 is 4.39 Å². The Morgan fingerprint density at radius 3 is 2.44 bits per heavy atom. The van der Waals surface area contributed by atoms with E-state index < -0.39 is 0 Å². The predicted molar refractivity (Wildman–Crippen MR) is 96.6 cm³/mol. The van der Waals surface area contributed by atoms with E-state index in [2.05, 4.69) is 22.4 Å². The zero-order valence-electron chi connectivity index (χ0n) is 13.8. The molecule has 4 rings (SSSR count). The van der Waals surface area contributed by atoms with Gasteiger partial charge in [-0.15, -0.1) is 0 Å². The summed E-state index contributed by atoms with van der Waals surface area (Å²) in [5.74, 6) is -0.255. The average Bonchev–Trinajstić information content (AvgIpc) is 3.02. The van der Waals surface area contributed by atoms with E-state index in [-0.39, 0.29) is 5.82 Å². The highest BCUT2D eigenvalue weighted by Crippen LogP contribution is 2.35. The van der Waals surface area contributed by atoms with Crippen molar-refractivity contribution in [3.63, 3.8) is 0 Å². The van der Waals surface area contributed by atoms with E-state index in [0.717, 1.165) is 40.0 Å². The Bertz CT molecular complexity index is 1010. The van der Waals surface area contributed by atoms with Gasteiger partial charge >= 0.3 is 0 Å². The second kappa shape index (κ2) is 6.45. The molecular weight excluding hydrogens is 315 g/mol. The molecule has 1 N–H and O–H groups in total. The van der Waals surface area contributed by atoms with Crippen molar-refractivity contribution in [1.29, 1.82) is 0 Å². The smallest absolute Gasteiger partial charge is 0.123 e. The summed E-state index contributed by atoms with van der Waals surface area (Å²) in [6, 6.07) is 14.5. The number of aromatic nitrogens is 3. The minimum Gasteiger partial charge on any atom is -0.316 e. The lowest BCUT2D eigenvalue weighted by Gasteiger charge is -2.04. The molecule has 0 fully saturated rings. The summed E-state index contributed by atoms with van der Waals surface area (Å²) < 4.78 is 15.2. The molecule has 0 saturated carbocycles. The predicted octanol–water partition coefficient (Wildman–Crippen LogP) is 3.92. The number of hydrogen-bond donors (Lipinski definition) is 1. The van der Waals surface area contributed by atoms with Crippen LogP contribution in [0, 0.1) is 5.82 Å². The molecule has 1 aromatic carbocycles. The standard InChI is InChI=1S/C20H17FN4/c1-22-12-14-2-7-18-19(15-8-10-23-11-9-15)20(24-25(18)13-14)16-3-5-17(21)6-4-16/h2-11,13,22H,12H2,1H3. The lowest BCUT2D eigenvalue weighted by molar-refractivity contribution is 0.628. The fourth-order valence-corrected chi connectivity index (χ4v) is 3.01. The number of pyridine rings is 2. The van der Waals surface area contributed by atoms with Crippen molar-refractivity contribution in [3.8, 4) is 22.4 Å². The fraction of sp³-hybridized carbons (Fsp3) is 0.100. The molecule has 0 spiro atoms. The SMILES string of the molecule is CNCc1ccc2c(-c3ccncc3)c(-c3ccc(F)cc3)nn2c1. The maximum Gasteiger partial charge on any atom is 0.123 e. The molecule has 4 aromatic rings. The number of nitrogens with one attached hydrogen (secondary N) is 1. The summed E-state index contributed by atoms with van der Waals surface area (Å²) >= 11 is 0. The largest absolute Gasteiger partial charge is 0.316 e. The first-order valence-corrected chi connectivity index (χ1v) is 8.08. The van der Waals surface area contributed by atoms with E-state index in [4.69, 9.17) is 5.10 Å². The summed E-state index contributed by atoms with van der Waals surface area (Å²) in [6.45, 7) is 0.770. The van der Waals surface area contributed by atoms with Gasteiger partial charge in [-0.25, -0.2) is 8.91 Å². The highest BCUT2D eigenvalue weighted by molar-refractivity contribution is 5.92. The number of hydrogen-bond acceptors (Lipinski definition) is 3. The third-order valence-corrected chi connectivity index (χ3v) is 4.16. The number of fused-ring (bicyclic) bond motifs is 1. The molecule has 5 heteroatoms. The van der Waals surface area contributed by atoms with Crippen molar-refractivity contribution in [2.75, 3.05) is 7.05 Å². The Hall–Kier alpha value is -3.05. The van der Waals surface area contributed by atoms with Crippen LogP contribution in [0.2, 0.25) is 0 Å². The molecule has 3 aromatic heterocycles. The second-order valence-electron chi connectivity index (χ2n) is 5.86. The van der Waals surface area contributed by atoms with Crippen LogP contribution in [0.5, 0.6) is 0 Å². The molecule has 25 heavy (non-hydrogen) atoms. The number of benzene rings is 1. The minimum atomic E-state index is -0.255. The van der Waals surface area contributed by atoms with E-state index in [1.54, 1.807) is 24.5 Å². The molecule has 0 aliphatic rings. The van der Waals surface area contributed by atoms with Crippen molar-refractivity contribution >= 4 is 5.52 Å². The normalized spacial score (nSPS) is 11.1. The van der Waals surface area contributed by atoms with E-state index >= 15 is 0 Å². The van der Waals surface area contributed by atoms with Crippen LogP contribution in [-0.4, -0.2) is 21.6 Å². The Balaban J connectivity index is 1.98. The van der Waals surface area contributed by atoms with Crippen LogP contribution in [0.15, 0.2) is 67.1 Å². The van der Waals surface area contributed by atoms with Gasteiger partial charge in [-0.1, -0.05) is 6.07 Å². The summed E-state index contributed by atoms with van der Waals surface area (Å²) in [5, 5.41) is 7.93. The molecule has 0 amide bonds. The maximum absolute atomic E-state index is 13.3. The van der Waals surface area contributed by atoms with Crippen LogP contribution in [-0.2, 0) is 6.54 Å². The van der Waals surface area contributed by atoms with Gasteiger partial charge in [0.15, 0.2) is 0 Å². The number of halogens is 1. The van der Waals surface area contributed by atoms with Crippen LogP contribution >= 0.6 is 0 Å². The Labute approximate surface area is 145 Å². The van der Waals surface area contributed by atoms with E-state index in [1.807, 2.05) is 29.9 Å². The van der Waals surface area contributed by atoms with Gasteiger partial charge in [-0.2, -0.15) is 5.10 Å². The van der Waals surface area contributed by atoms with Crippen molar-refractivity contribution in [2.24, 2.45) is 0 Å². The summed E-state index contributed by atoms with van der Waals surface area (Å²) in [7, 11) is 1.92. The molecule has 0 atom stereocenters. The Kier molecular flexibility index (Phi) is 3.99. The molecule has 0 unspecified atom stereocenters. The number of nitrogens with zero attached hydrogens (tertiary/aromatic N) is 3. The van der Waals surface area contributed by atoms with Gasteiger partial charge in [0.1, 0.15) is 11.5 Å². The fourth-order valence-electron chi connectivity index (χ4n) is 3.01. The zero-order valence-corrected chi connectivity index (χ0v) is 13.8. The first-order chi connectivity index (χ1) is 12.3. The summed E-state index contributed by atoms with van der Waals surface area (Å²) in [4.78, 5) is 4.10. The molecule has 0 radical (unpaired) electrons. The third-order valence-electron chi connectivity index (χ3n) is 4.16. The molecule has 124 valence electrons. The van der Waals surface area contributed by atoms with Crippen LogP contribution in [0.25, 0.3) is 27.9 Å². The molecule has 0 aliphatic carbocycles. The van der Waals surface area contributed by atoms with Gasteiger partial charge in [0.05, 0.1) is 5.52 Å². The molecule has 3 heterocycles. The molecule has 4 nitrogen and oxygen atoms in total. The highest BCUT2D eigenvalue weighted by atomic mass is 19.1. The van der Waals surface area contributed by atoms with Crippen LogP contribution in [0.4, 0.5) is 4.39 Å². The molecular formula is C20H17FN4. The average molecular weight is 332 g/mol. The molecule has 0 saturated heterocycles. The van der Waals surface area contributed by atoms with E-state index in [0.29, 0.717) is 0 Å². The van der Waals surface area contributed by atoms with Gasteiger partial charge in [0, 0.05) is 36.3 Å². The van der Waals surface area contributed by atoms with E-state index in [1.165, 1.54) is 12.1 Å². The topological polar surface area (TPSA) is 42.2 Å². The zero-order chi connectivity index (χ0) is 17.2. The number of rotatable bonds is 4. The van der Waals surface area contributed by atoms with Gasteiger partial charge in [-0.05, 0) is 60.6 Å². The summed E-state index contributed by atoms with van der Waals surface area (Å²) in [5.41, 5.74) is 5.91. The van der Waals surface area contributed by atoms with E-state index in [9.17, 15) is 4.39 Å². The van der Waals surface area contributed by atoms with Gasteiger partial charge in [-0.3, -0.25) is 4.98 Å². The van der Waals surface area contributed by atoms with Crippen molar-refractivity contribution in [2.45, 2.75) is 6.54 Å². The highest BCUT2D eigenvalue weighted by Gasteiger charge is 2.16. The Morgan fingerprint density at radius 2 is 1.72 bits per heavy atom. The van der Waals surface area contributed by atoms with Crippen LogP contribution in [0.3, 0.4) is 0 Å². The maximum atomic E-state index is 13.3. The molecule has 0 aliphatic heterocycles. The lowest BCUT2D eigenvalue weighted by Crippen LogP contribution is -2.05.